The van der Waals surface area contributed by atoms with Gasteiger partial charge in [0.05, 0.1) is 12.8 Å². The molecule has 0 saturated carbocycles. The summed E-state index contributed by atoms with van der Waals surface area (Å²) in [4.78, 5) is 11.8. The monoisotopic (exact) mass is 225 g/mol. The molecule has 0 bridgehead atoms. The lowest BCUT2D eigenvalue weighted by molar-refractivity contribution is -0.145. The number of aromatic nitrogens is 2. The summed E-state index contributed by atoms with van der Waals surface area (Å²) in [5, 5.41) is 7.24. The minimum Gasteiger partial charge on any atom is -0.465 e. The first-order valence-corrected chi connectivity index (χ1v) is 5.50. The maximum atomic E-state index is 11.8. The second-order valence-corrected chi connectivity index (χ2v) is 3.55. The Morgan fingerprint density at radius 1 is 1.62 bits per heavy atom. The Labute approximate surface area is 95.8 Å². The van der Waals surface area contributed by atoms with Gasteiger partial charge in [-0.1, -0.05) is 6.92 Å². The Morgan fingerprint density at radius 3 is 2.75 bits per heavy atom. The molecule has 1 unspecified atom stereocenters. The van der Waals surface area contributed by atoms with Gasteiger partial charge in [-0.05, 0) is 20.4 Å². The zero-order chi connectivity index (χ0) is 12.1. The van der Waals surface area contributed by atoms with Crippen LogP contribution in [0.25, 0.3) is 0 Å². The Bertz CT molecular complexity index is 360. The van der Waals surface area contributed by atoms with Crippen LogP contribution in [0.1, 0.15) is 31.1 Å². The van der Waals surface area contributed by atoms with Crippen LogP contribution in [0.5, 0.6) is 0 Å². The van der Waals surface area contributed by atoms with Crippen molar-refractivity contribution in [1.82, 2.24) is 15.1 Å². The number of esters is 1. The molecule has 0 aliphatic heterocycles. The van der Waals surface area contributed by atoms with Gasteiger partial charge >= 0.3 is 5.97 Å². The highest BCUT2D eigenvalue weighted by atomic mass is 16.5. The topological polar surface area (TPSA) is 56.1 Å². The van der Waals surface area contributed by atoms with Crippen LogP contribution in [0.2, 0.25) is 0 Å². The van der Waals surface area contributed by atoms with E-state index < -0.39 is 6.04 Å². The Hall–Kier alpha value is -1.36. The van der Waals surface area contributed by atoms with Crippen LogP contribution < -0.4 is 5.32 Å². The number of nitrogens with one attached hydrogen (secondary N) is 1. The number of carbonyl (C=O) groups excluding carboxylic acids is 1. The number of likely N-dealkylation sites (N-methyl/N-ethyl adjacent to an activating group) is 1. The average Bonchev–Trinajstić information content (AvgIpc) is 2.57. The molecule has 1 aromatic heterocycles. The van der Waals surface area contributed by atoms with Crippen molar-refractivity contribution in [2.75, 3.05) is 13.2 Å². The molecule has 0 spiro atoms. The highest BCUT2D eigenvalue weighted by Crippen LogP contribution is 2.18. The van der Waals surface area contributed by atoms with Gasteiger partial charge in [0.15, 0.2) is 0 Å². The molecular weight excluding hydrogens is 206 g/mol. The van der Waals surface area contributed by atoms with Crippen molar-refractivity contribution >= 4 is 5.97 Å². The summed E-state index contributed by atoms with van der Waals surface area (Å²) in [6.45, 7) is 6.79. The van der Waals surface area contributed by atoms with Crippen LogP contribution in [0.4, 0.5) is 0 Å². The largest absolute Gasteiger partial charge is 0.465 e. The number of rotatable bonds is 5. The second kappa shape index (κ2) is 5.65. The van der Waals surface area contributed by atoms with Crippen LogP contribution in [0.15, 0.2) is 6.20 Å². The number of carbonyl (C=O) groups is 1. The maximum absolute atomic E-state index is 11.8. The van der Waals surface area contributed by atoms with E-state index in [2.05, 4.69) is 10.4 Å². The van der Waals surface area contributed by atoms with Crippen LogP contribution in [-0.4, -0.2) is 28.9 Å². The molecule has 1 heterocycles. The molecule has 0 radical (unpaired) electrons. The van der Waals surface area contributed by atoms with E-state index in [4.69, 9.17) is 4.74 Å². The molecule has 1 rings (SSSR count). The van der Waals surface area contributed by atoms with Gasteiger partial charge in [0.2, 0.25) is 0 Å². The van der Waals surface area contributed by atoms with Gasteiger partial charge in [0, 0.05) is 18.3 Å². The lowest BCUT2D eigenvalue weighted by Gasteiger charge is -2.15. The summed E-state index contributed by atoms with van der Waals surface area (Å²) in [5.74, 6) is -0.250. The second-order valence-electron chi connectivity index (χ2n) is 3.55. The third-order valence-electron chi connectivity index (χ3n) is 2.51. The van der Waals surface area contributed by atoms with Gasteiger partial charge in [0.1, 0.15) is 6.04 Å². The number of hydrogen-bond acceptors (Lipinski definition) is 4. The smallest absolute Gasteiger partial charge is 0.327 e. The van der Waals surface area contributed by atoms with Gasteiger partial charge in [0.25, 0.3) is 0 Å². The Kier molecular flexibility index (Phi) is 4.49. The van der Waals surface area contributed by atoms with Crippen molar-refractivity contribution in [2.45, 2.75) is 26.8 Å². The Morgan fingerprint density at radius 2 is 2.31 bits per heavy atom. The standard InChI is InChI=1S/C11H19N3O2/c1-5-12-10(11(15)16-6-2)9-7-13-14(4)8(9)3/h7,10,12H,5-6H2,1-4H3. The molecule has 0 aliphatic rings. The highest BCUT2D eigenvalue weighted by Gasteiger charge is 2.24. The predicted molar refractivity (Wildman–Crippen MR) is 61.0 cm³/mol. The van der Waals surface area contributed by atoms with Crippen molar-refractivity contribution in [3.8, 4) is 0 Å². The highest BCUT2D eigenvalue weighted by molar-refractivity contribution is 5.77. The number of ether oxygens (including phenoxy) is 1. The van der Waals surface area contributed by atoms with Crippen molar-refractivity contribution in [2.24, 2.45) is 7.05 Å². The molecule has 5 heteroatoms. The average molecular weight is 225 g/mol. The van der Waals surface area contributed by atoms with Crippen molar-refractivity contribution in [1.29, 1.82) is 0 Å². The zero-order valence-electron chi connectivity index (χ0n) is 10.3. The lowest BCUT2D eigenvalue weighted by Crippen LogP contribution is -2.30. The van der Waals surface area contributed by atoms with Crippen LogP contribution >= 0.6 is 0 Å². The van der Waals surface area contributed by atoms with Crippen LogP contribution in [0.3, 0.4) is 0 Å². The van der Waals surface area contributed by atoms with E-state index in [0.717, 1.165) is 11.3 Å². The fraction of sp³-hybridized carbons (Fsp3) is 0.636. The van der Waals surface area contributed by atoms with E-state index >= 15 is 0 Å². The summed E-state index contributed by atoms with van der Waals surface area (Å²) in [5.41, 5.74) is 1.85. The van der Waals surface area contributed by atoms with Crippen LogP contribution in [0, 0.1) is 6.92 Å². The molecule has 0 saturated heterocycles. The molecule has 0 aromatic carbocycles. The first kappa shape index (κ1) is 12.7. The zero-order valence-corrected chi connectivity index (χ0v) is 10.3. The molecule has 0 fully saturated rings. The molecule has 1 aromatic rings. The third kappa shape index (κ3) is 2.61. The molecule has 90 valence electrons. The SMILES string of the molecule is CCNC(C(=O)OCC)c1cnn(C)c1C. The van der Waals surface area contributed by atoms with Gasteiger partial charge in [-0.3, -0.25) is 4.68 Å². The summed E-state index contributed by atoms with van der Waals surface area (Å²) in [6, 6.07) is -0.418. The molecular formula is C11H19N3O2. The van der Waals surface area contributed by atoms with E-state index in [1.807, 2.05) is 20.9 Å². The molecule has 5 nitrogen and oxygen atoms in total. The number of nitrogens with zero attached hydrogens (tertiary/aromatic N) is 2. The Balaban J connectivity index is 2.93. The lowest BCUT2D eigenvalue weighted by atomic mass is 10.1. The van der Waals surface area contributed by atoms with Crippen molar-refractivity contribution in [3.63, 3.8) is 0 Å². The third-order valence-corrected chi connectivity index (χ3v) is 2.51. The number of aryl methyl sites for hydroxylation is 1. The number of hydrogen-bond donors (Lipinski definition) is 1. The summed E-state index contributed by atoms with van der Waals surface area (Å²) < 4.78 is 6.79. The van der Waals surface area contributed by atoms with Gasteiger partial charge in [-0.25, -0.2) is 4.79 Å². The summed E-state index contributed by atoms with van der Waals surface area (Å²) >= 11 is 0. The van der Waals surface area contributed by atoms with Gasteiger partial charge in [-0.15, -0.1) is 0 Å². The van der Waals surface area contributed by atoms with Crippen LogP contribution in [-0.2, 0) is 16.6 Å². The minimum absolute atomic E-state index is 0.250. The first-order valence-electron chi connectivity index (χ1n) is 5.50. The maximum Gasteiger partial charge on any atom is 0.327 e. The minimum atomic E-state index is -0.418. The normalized spacial score (nSPS) is 12.5. The van der Waals surface area contributed by atoms with Crippen molar-refractivity contribution < 1.29 is 9.53 Å². The van der Waals surface area contributed by atoms with E-state index in [1.54, 1.807) is 17.8 Å². The van der Waals surface area contributed by atoms with Gasteiger partial charge < -0.3 is 10.1 Å². The molecule has 0 aliphatic carbocycles. The summed E-state index contributed by atoms with van der Waals surface area (Å²) in [6.07, 6.45) is 1.71. The summed E-state index contributed by atoms with van der Waals surface area (Å²) in [7, 11) is 1.85. The van der Waals surface area contributed by atoms with Gasteiger partial charge in [-0.2, -0.15) is 5.10 Å². The molecule has 0 amide bonds. The molecule has 1 atom stereocenters. The fourth-order valence-electron chi connectivity index (χ4n) is 1.55. The first-order chi connectivity index (χ1) is 7.61. The van der Waals surface area contributed by atoms with E-state index in [0.29, 0.717) is 13.2 Å². The fourth-order valence-corrected chi connectivity index (χ4v) is 1.55. The molecule has 1 N–H and O–H groups in total. The quantitative estimate of drug-likeness (QED) is 0.758. The van der Waals surface area contributed by atoms with E-state index in [1.165, 1.54) is 0 Å². The van der Waals surface area contributed by atoms with E-state index in [9.17, 15) is 4.79 Å². The predicted octanol–water partition coefficient (Wildman–Crippen LogP) is 0.942. The molecule has 16 heavy (non-hydrogen) atoms. The van der Waals surface area contributed by atoms with Crippen molar-refractivity contribution in [3.05, 3.63) is 17.5 Å². The van der Waals surface area contributed by atoms with E-state index in [-0.39, 0.29) is 5.97 Å².